The van der Waals surface area contributed by atoms with Gasteiger partial charge in [-0.3, -0.25) is 4.79 Å². The standard InChI is InChI=1S/C30H36N2O7/c1-31-21-10-8-18-14-26(36-4)29(38-6)30(39-7)27(18)19-9-11-22(23(33)15-20(19)21)32-16-17-12-24(34-2)28(37-5)25(13-17)35-3/h9,11-15,21,31H,8,10,16H2,1-7H3,(H,32,33)/t21-/m1/s1. The smallest absolute Gasteiger partial charge is 0.203 e. The SMILES string of the molecule is CN[C@@H]1CCc2cc(OC)c(OC)c(OC)c2-c2ccc(NCc3cc(OC)c(OC)c(OC)c3)c(=O)cc21. The molecule has 0 fully saturated rings. The number of methoxy groups -OCH3 is 6. The van der Waals surface area contributed by atoms with Crippen molar-refractivity contribution in [3.8, 4) is 45.6 Å². The third-order valence-electron chi connectivity index (χ3n) is 7.09. The zero-order valence-corrected chi connectivity index (χ0v) is 23.5. The molecule has 3 aromatic rings. The van der Waals surface area contributed by atoms with Gasteiger partial charge in [-0.15, -0.1) is 0 Å². The maximum atomic E-state index is 13.5. The van der Waals surface area contributed by atoms with Gasteiger partial charge in [-0.1, -0.05) is 6.07 Å². The molecule has 1 aliphatic rings. The van der Waals surface area contributed by atoms with E-state index in [9.17, 15) is 4.79 Å². The normalized spacial score (nSPS) is 13.9. The van der Waals surface area contributed by atoms with E-state index in [2.05, 4.69) is 10.6 Å². The summed E-state index contributed by atoms with van der Waals surface area (Å²) in [6.45, 7) is 0.376. The van der Waals surface area contributed by atoms with Crippen LogP contribution in [-0.2, 0) is 13.0 Å². The van der Waals surface area contributed by atoms with Crippen LogP contribution in [0.4, 0.5) is 5.69 Å². The number of benzene rings is 2. The lowest BCUT2D eigenvalue weighted by molar-refractivity contribution is 0.324. The summed E-state index contributed by atoms with van der Waals surface area (Å²) in [5, 5.41) is 6.68. The van der Waals surface area contributed by atoms with Crippen LogP contribution in [-0.4, -0.2) is 49.7 Å². The highest BCUT2D eigenvalue weighted by Gasteiger charge is 2.28. The summed E-state index contributed by atoms with van der Waals surface area (Å²) >= 11 is 0. The second-order valence-corrected chi connectivity index (χ2v) is 9.07. The van der Waals surface area contributed by atoms with Gasteiger partial charge in [0.1, 0.15) is 0 Å². The van der Waals surface area contributed by atoms with Crippen LogP contribution < -0.4 is 44.5 Å². The van der Waals surface area contributed by atoms with Crippen LogP contribution in [0.3, 0.4) is 0 Å². The highest BCUT2D eigenvalue weighted by molar-refractivity contribution is 5.83. The van der Waals surface area contributed by atoms with Crippen molar-refractivity contribution in [3.63, 3.8) is 0 Å². The molecular formula is C30H36N2O7. The topological polar surface area (TPSA) is 96.5 Å². The number of aryl methyl sites for hydroxylation is 1. The van der Waals surface area contributed by atoms with E-state index in [0.717, 1.165) is 40.7 Å². The van der Waals surface area contributed by atoms with Gasteiger partial charge in [0.2, 0.25) is 16.9 Å². The largest absolute Gasteiger partial charge is 0.493 e. The van der Waals surface area contributed by atoms with E-state index >= 15 is 0 Å². The molecule has 39 heavy (non-hydrogen) atoms. The zero-order chi connectivity index (χ0) is 28.1. The van der Waals surface area contributed by atoms with Crippen LogP contribution in [0.5, 0.6) is 34.5 Å². The minimum atomic E-state index is -0.119. The average molecular weight is 537 g/mol. The molecule has 1 atom stereocenters. The molecule has 0 radical (unpaired) electrons. The summed E-state index contributed by atoms with van der Waals surface area (Å²) < 4.78 is 33.5. The van der Waals surface area contributed by atoms with Gasteiger partial charge >= 0.3 is 0 Å². The van der Waals surface area contributed by atoms with Crippen molar-refractivity contribution in [1.29, 1.82) is 0 Å². The number of anilines is 1. The molecule has 1 aliphatic carbocycles. The van der Waals surface area contributed by atoms with E-state index in [4.69, 9.17) is 28.4 Å². The Morgan fingerprint density at radius 3 is 1.95 bits per heavy atom. The van der Waals surface area contributed by atoms with E-state index in [1.807, 2.05) is 37.4 Å². The Morgan fingerprint density at radius 1 is 0.769 bits per heavy atom. The molecule has 0 bridgehead atoms. The lowest BCUT2D eigenvalue weighted by atomic mass is 9.95. The van der Waals surface area contributed by atoms with Gasteiger partial charge in [0, 0.05) is 18.2 Å². The van der Waals surface area contributed by atoms with Crippen LogP contribution in [0.1, 0.15) is 29.2 Å². The van der Waals surface area contributed by atoms with Gasteiger partial charge in [-0.05, 0) is 72.5 Å². The third kappa shape index (κ3) is 5.27. The molecule has 2 N–H and O–H groups in total. The maximum Gasteiger partial charge on any atom is 0.203 e. The Labute approximate surface area is 229 Å². The van der Waals surface area contributed by atoms with Crippen molar-refractivity contribution in [1.82, 2.24) is 5.32 Å². The van der Waals surface area contributed by atoms with Gasteiger partial charge in [-0.25, -0.2) is 0 Å². The molecule has 0 aromatic heterocycles. The molecule has 0 heterocycles. The Hall–Kier alpha value is -4.11. The van der Waals surface area contributed by atoms with Crippen molar-refractivity contribution in [2.45, 2.75) is 25.4 Å². The van der Waals surface area contributed by atoms with Crippen LogP contribution in [0.25, 0.3) is 11.1 Å². The third-order valence-corrected chi connectivity index (χ3v) is 7.09. The Bertz CT molecular complexity index is 1380. The maximum absolute atomic E-state index is 13.5. The molecule has 9 nitrogen and oxygen atoms in total. The Kier molecular flexibility index (Phi) is 8.71. The summed E-state index contributed by atoms with van der Waals surface area (Å²) in [5.74, 6) is 3.31. The molecule has 0 aliphatic heterocycles. The number of rotatable bonds is 10. The van der Waals surface area contributed by atoms with Gasteiger partial charge in [-0.2, -0.15) is 0 Å². The minimum absolute atomic E-state index is 0.0304. The van der Waals surface area contributed by atoms with Crippen LogP contribution in [0.2, 0.25) is 0 Å². The van der Waals surface area contributed by atoms with E-state index in [0.29, 0.717) is 46.7 Å². The van der Waals surface area contributed by atoms with Crippen LogP contribution in [0, 0.1) is 0 Å². The fourth-order valence-corrected chi connectivity index (χ4v) is 5.19. The second kappa shape index (κ2) is 12.2. The van der Waals surface area contributed by atoms with Crippen LogP contribution in [0.15, 0.2) is 41.2 Å². The lowest BCUT2D eigenvalue weighted by Crippen LogP contribution is -2.18. The van der Waals surface area contributed by atoms with E-state index in [1.54, 1.807) is 48.7 Å². The van der Waals surface area contributed by atoms with E-state index < -0.39 is 0 Å². The number of nitrogens with one attached hydrogen (secondary N) is 2. The van der Waals surface area contributed by atoms with E-state index in [1.165, 1.54) is 0 Å². The van der Waals surface area contributed by atoms with Crippen molar-refractivity contribution < 1.29 is 28.4 Å². The molecule has 9 heteroatoms. The molecule has 0 spiro atoms. The number of ether oxygens (including phenoxy) is 6. The first kappa shape index (κ1) is 27.9. The highest BCUT2D eigenvalue weighted by atomic mass is 16.5. The summed E-state index contributed by atoms with van der Waals surface area (Å²) in [7, 11) is 11.4. The monoisotopic (exact) mass is 536 g/mol. The van der Waals surface area contributed by atoms with Crippen molar-refractivity contribution in [2.75, 3.05) is 55.0 Å². The molecule has 0 unspecified atom stereocenters. The Balaban J connectivity index is 1.82. The first-order valence-corrected chi connectivity index (χ1v) is 12.6. The van der Waals surface area contributed by atoms with Gasteiger partial charge < -0.3 is 39.1 Å². The molecule has 0 amide bonds. The zero-order valence-electron chi connectivity index (χ0n) is 23.5. The fraction of sp³-hybridized carbons (Fsp3) is 0.367. The Morgan fingerprint density at radius 2 is 1.38 bits per heavy atom. The van der Waals surface area contributed by atoms with Crippen LogP contribution >= 0.6 is 0 Å². The summed E-state index contributed by atoms with van der Waals surface area (Å²) in [4.78, 5) is 13.5. The fourth-order valence-electron chi connectivity index (χ4n) is 5.19. The quantitative estimate of drug-likeness (QED) is 0.386. The predicted octanol–water partition coefficient (Wildman–Crippen LogP) is 4.58. The first-order valence-electron chi connectivity index (χ1n) is 12.6. The summed E-state index contributed by atoms with van der Waals surface area (Å²) in [5.41, 5.74) is 4.97. The van der Waals surface area contributed by atoms with Crippen molar-refractivity contribution >= 4 is 5.69 Å². The molecule has 0 saturated carbocycles. The summed E-state index contributed by atoms with van der Waals surface area (Å²) in [6, 6.07) is 11.2. The van der Waals surface area contributed by atoms with Gasteiger partial charge in [0.05, 0.1) is 48.3 Å². The average Bonchev–Trinajstić information content (AvgIpc) is 3.21. The molecule has 208 valence electrons. The number of fused-ring (bicyclic) bond motifs is 3. The molecular weight excluding hydrogens is 500 g/mol. The highest BCUT2D eigenvalue weighted by Crippen LogP contribution is 2.50. The number of hydrogen-bond donors (Lipinski definition) is 2. The van der Waals surface area contributed by atoms with E-state index in [-0.39, 0.29) is 11.5 Å². The first-order chi connectivity index (χ1) is 18.9. The second-order valence-electron chi connectivity index (χ2n) is 9.07. The number of hydrogen-bond acceptors (Lipinski definition) is 9. The molecule has 4 rings (SSSR count). The predicted molar refractivity (Wildman–Crippen MR) is 151 cm³/mol. The van der Waals surface area contributed by atoms with Gasteiger partial charge in [0.25, 0.3) is 0 Å². The lowest BCUT2D eigenvalue weighted by Gasteiger charge is -2.19. The minimum Gasteiger partial charge on any atom is -0.493 e. The molecule has 0 saturated heterocycles. The molecule has 3 aromatic carbocycles. The van der Waals surface area contributed by atoms with Gasteiger partial charge in [0.15, 0.2) is 23.0 Å². The van der Waals surface area contributed by atoms with Crippen molar-refractivity contribution in [2.24, 2.45) is 0 Å². The van der Waals surface area contributed by atoms with Crippen molar-refractivity contribution in [3.05, 3.63) is 63.3 Å². The summed E-state index contributed by atoms with van der Waals surface area (Å²) in [6.07, 6.45) is 1.57.